The lowest BCUT2D eigenvalue weighted by Gasteiger charge is -2.11. The fourth-order valence-corrected chi connectivity index (χ4v) is 0.936. The first-order valence-electron chi connectivity index (χ1n) is 4.47. The molecule has 2 nitrogen and oxygen atoms in total. The van der Waals surface area contributed by atoms with Crippen LogP contribution in [0.4, 0.5) is 0 Å². The van der Waals surface area contributed by atoms with Crippen LogP contribution < -0.4 is 5.32 Å². The molecular weight excluding hydrogens is 150 g/mol. The van der Waals surface area contributed by atoms with Crippen LogP contribution in [0.5, 0.6) is 0 Å². The Kier molecular flexibility index (Phi) is 8.20. The molecule has 0 bridgehead atoms. The van der Waals surface area contributed by atoms with E-state index in [1.54, 1.807) is 7.11 Å². The SMILES string of the molecule is C#CCCCNC(C)CCOC. The highest BCUT2D eigenvalue weighted by Crippen LogP contribution is 1.91. The van der Waals surface area contributed by atoms with Crippen LogP contribution >= 0.6 is 0 Å². The Hall–Kier alpha value is -0.520. The van der Waals surface area contributed by atoms with Crippen LogP contribution in [0.3, 0.4) is 0 Å². The Morgan fingerprint density at radius 1 is 1.58 bits per heavy atom. The van der Waals surface area contributed by atoms with Crippen LogP contribution in [0.2, 0.25) is 0 Å². The van der Waals surface area contributed by atoms with Crippen molar-refractivity contribution in [1.82, 2.24) is 5.32 Å². The molecule has 1 N–H and O–H groups in total. The molecule has 1 unspecified atom stereocenters. The zero-order valence-electron chi connectivity index (χ0n) is 8.10. The number of ether oxygens (including phenoxy) is 1. The van der Waals surface area contributed by atoms with E-state index in [0.29, 0.717) is 6.04 Å². The van der Waals surface area contributed by atoms with E-state index in [4.69, 9.17) is 11.2 Å². The third-order valence-corrected chi connectivity index (χ3v) is 1.75. The van der Waals surface area contributed by atoms with E-state index in [1.165, 1.54) is 0 Å². The average molecular weight is 169 g/mol. The first-order chi connectivity index (χ1) is 5.81. The van der Waals surface area contributed by atoms with Crippen molar-refractivity contribution in [3.8, 4) is 12.3 Å². The summed E-state index contributed by atoms with van der Waals surface area (Å²) >= 11 is 0. The lowest BCUT2D eigenvalue weighted by Crippen LogP contribution is -2.27. The summed E-state index contributed by atoms with van der Waals surface area (Å²) in [7, 11) is 1.73. The normalized spacial score (nSPS) is 12.4. The second kappa shape index (κ2) is 8.58. The van der Waals surface area contributed by atoms with E-state index in [9.17, 15) is 0 Å². The van der Waals surface area contributed by atoms with E-state index >= 15 is 0 Å². The molecule has 0 heterocycles. The first-order valence-corrected chi connectivity index (χ1v) is 4.47. The van der Waals surface area contributed by atoms with Gasteiger partial charge in [0.25, 0.3) is 0 Å². The molecule has 0 aliphatic rings. The minimum absolute atomic E-state index is 0.530. The third kappa shape index (κ3) is 7.59. The van der Waals surface area contributed by atoms with Gasteiger partial charge < -0.3 is 10.1 Å². The van der Waals surface area contributed by atoms with Gasteiger partial charge in [0.1, 0.15) is 0 Å². The van der Waals surface area contributed by atoms with Crippen molar-refractivity contribution in [3.05, 3.63) is 0 Å². The molecule has 0 amide bonds. The maximum absolute atomic E-state index is 5.13. The molecule has 0 aliphatic carbocycles. The molecule has 0 aromatic heterocycles. The maximum Gasteiger partial charge on any atom is 0.0476 e. The highest BCUT2D eigenvalue weighted by atomic mass is 16.5. The number of rotatable bonds is 7. The van der Waals surface area contributed by atoms with Gasteiger partial charge in [-0.2, -0.15) is 0 Å². The third-order valence-electron chi connectivity index (χ3n) is 1.75. The molecule has 0 saturated carbocycles. The molecule has 0 rings (SSSR count). The fraction of sp³-hybridized carbons (Fsp3) is 0.800. The van der Waals surface area contributed by atoms with Crippen LogP contribution in [0.25, 0.3) is 0 Å². The summed E-state index contributed by atoms with van der Waals surface area (Å²) in [5.74, 6) is 2.62. The summed E-state index contributed by atoms with van der Waals surface area (Å²) in [5, 5.41) is 3.38. The number of hydrogen-bond acceptors (Lipinski definition) is 2. The Labute approximate surface area is 75.7 Å². The monoisotopic (exact) mass is 169 g/mol. The number of unbranched alkanes of at least 4 members (excludes halogenated alkanes) is 1. The maximum atomic E-state index is 5.13. The van der Waals surface area contributed by atoms with Gasteiger partial charge in [-0.1, -0.05) is 0 Å². The van der Waals surface area contributed by atoms with Crippen LogP contribution in [0.15, 0.2) is 0 Å². The Bertz CT molecular complexity index is 128. The average Bonchev–Trinajstić information content (AvgIpc) is 2.09. The van der Waals surface area contributed by atoms with Gasteiger partial charge in [-0.05, 0) is 26.3 Å². The summed E-state index contributed by atoms with van der Waals surface area (Å²) in [6.45, 7) is 3.99. The second-order valence-corrected chi connectivity index (χ2v) is 2.94. The van der Waals surface area contributed by atoms with Gasteiger partial charge in [0.15, 0.2) is 0 Å². The van der Waals surface area contributed by atoms with Crippen molar-refractivity contribution < 1.29 is 4.74 Å². The number of hydrogen-bond donors (Lipinski definition) is 1. The Balaban J connectivity index is 3.09. The molecule has 12 heavy (non-hydrogen) atoms. The predicted molar refractivity (Wildman–Crippen MR) is 52.0 cm³/mol. The van der Waals surface area contributed by atoms with Gasteiger partial charge >= 0.3 is 0 Å². The van der Waals surface area contributed by atoms with Crippen molar-refractivity contribution in [2.75, 3.05) is 20.3 Å². The standard InChI is InChI=1S/C10H19NO/c1-4-5-6-8-11-10(2)7-9-12-3/h1,10-11H,5-9H2,2-3H3. The summed E-state index contributed by atoms with van der Waals surface area (Å²) in [6.07, 6.45) is 8.12. The molecule has 0 aromatic rings. The van der Waals surface area contributed by atoms with Gasteiger partial charge in [-0.3, -0.25) is 0 Å². The molecule has 0 radical (unpaired) electrons. The van der Waals surface area contributed by atoms with Crippen molar-refractivity contribution in [2.45, 2.75) is 32.2 Å². The lowest BCUT2D eigenvalue weighted by molar-refractivity contribution is 0.185. The number of nitrogens with one attached hydrogen (secondary N) is 1. The number of terminal acetylenes is 1. The van der Waals surface area contributed by atoms with E-state index in [-0.39, 0.29) is 0 Å². The Morgan fingerprint density at radius 3 is 2.92 bits per heavy atom. The first kappa shape index (κ1) is 11.5. The van der Waals surface area contributed by atoms with Crippen molar-refractivity contribution in [3.63, 3.8) is 0 Å². The summed E-state index contributed by atoms with van der Waals surface area (Å²) in [6, 6.07) is 0.530. The van der Waals surface area contributed by atoms with Crippen molar-refractivity contribution >= 4 is 0 Å². The molecule has 0 saturated heterocycles. The minimum atomic E-state index is 0.530. The topological polar surface area (TPSA) is 21.3 Å². The quantitative estimate of drug-likeness (QED) is 0.459. The van der Waals surface area contributed by atoms with Crippen LogP contribution in [-0.2, 0) is 4.74 Å². The highest BCUT2D eigenvalue weighted by Gasteiger charge is 1.98. The van der Waals surface area contributed by atoms with Gasteiger partial charge in [0, 0.05) is 26.2 Å². The molecule has 1 atom stereocenters. The van der Waals surface area contributed by atoms with E-state index < -0.39 is 0 Å². The van der Waals surface area contributed by atoms with E-state index in [1.807, 2.05) is 0 Å². The van der Waals surface area contributed by atoms with Crippen LogP contribution in [0, 0.1) is 12.3 Å². The molecular formula is C10H19NO. The van der Waals surface area contributed by atoms with Crippen molar-refractivity contribution in [2.24, 2.45) is 0 Å². The zero-order chi connectivity index (χ0) is 9.23. The van der Waals surface area contributed by atoms with Crippen LogP contribution in [0.1, 0.15) is 26.2 Å². The molecule has 70 valence electrons. The zero-order valence-corrected chi connectivity index (χ0v) is 8.10. The second-order valence-electron chi connectivity index (χ2n) is 2.94. The van der Waals surface area contributed by atoms with Gasteiger partial charge in [0.2, 0.25) is 0 Å². The smallest absolute Gasteiger partial charge is 0.0476 e. The largest absolute Gasteiger partial charge is 0.385 e. The van der Waals surface area contributed by atoms with Gasteiger partial charge in [-0.25, -0.2) is 0 Å². The van der Waals surface area contributed by atoms with Gasteiger partial charge in [0.05, 0.1) is 0 Å². The molecule has 2 heteroatoms. The Morgan fingerprint density at radius 2 is 2.33 bits per heavy atom. The van der Waals surface area contributed by atoms with Gasteiger partial charge in [-0.15, -0.1) is 12.3 Å². The van der Waals surface area contributed by atoms with Crippen LogP contribution in [-0.4, -0.2) is 26.3 Å². The molecule has 0 aliphatic heterocycles. The fourth-order valence-electron chi connectivity index (χ4n) is 0.936. The van der Waals surface area contributed by atoms with E-state index in [0.717, 1.165) is 32.4 Å². The minimum Gasteiger partial charge on any atom is -0.385 e. The molecule has 0 aromatic carbocycles. The lowest BCUT2D eigenvalue weighted by atomic mass is 10.2. The summed E-state index contributed by atoms with van der Waals surface area (Å²) in [5.41, 5.74) is 0. The highest BCUT2D eigenvalue weighted by molar-refractivity contribution is 4.83. The van der Waals surface area contributed by atoms with Crippen molar-refractivity contribution in [1.29, 1.82) is 0 Å². The molecule has 0 spiro atoms. The summed E-state index contributed by atoms with van der Waals surface area (Å²) in [4.78, 5) is 0. The summed E-state index contributed by atoms with van der Waals surface area (Å²) < 4.78 is 4.97. The van der Waals surface area contributed by atoms with E-state index in [2.05, 4.69) is 18.2 Å². The predicted octanol–water partition coefficient (Wildman–Crippen LogP) is 1.41. The number of methoxy groups -OCH3 is 1. The molecule has 0 fully saturated rings.